The first-order chi connectivity index (χ1) is 11.6. The molecule has 6 heteroatoms. The summed E-state index contributed by atoms with van der Waals surface area (Å²) in [5.41, 5.74) is 3.48. The SMILES string of the molecule is CCn1nc(C)cc1C(=O)N[C@H](C)c1cccc(-n2ccnc2)c1. The first-order valence-corrected chi connectivity index (χ1v) is 8.02. The number of carbonyl (C=O) groups is 1. The molecular formula is C18H21N5O. The molecule has 0 spiro atoms. The fraction of sp³-hybridized carbons (Fsp3) is 0.278. The molecule has 0 aliphatic heterocycles. The van der Waals surface area contributed by atoms with Crippen molar-refractivity contribution in [2.24, 2.45) is 0 Å². The summed E-state index contributed by atoms with van der Waals surface area (Å²) in [6.07, 6.45) is 5.39. The maximum absolute atomic E-state index is 12.5. The van der Waals surface area contributed by atoms with Crippen LogP contribution >= 0.6 is 0 Å². The van der Waals surface area contributed by atoms with E-state index in [0.29, 0.717) is 12.2 Å². The molecule has 1 amide bonds. The smallest absolute Gasteiger partial charge is 0.270 e. The van der Waals surface area contributed by atoms with E-state index in [0.717, 1.165) is 16.9 Å². The summed E-state index contributed by atoms with van der Waals surface area (Å²) in [7, 11) is 0. The lowest BCUT2D eigenvalue weighted by atomic mass is 10.1. The second-order valence-corrected chi connectivity index (χ2v) is 5.75. The second-order valence-electron chi connectivity index (χ2n) is 5.75. The number of aryl methyl sites for hydroxylation is 2. The Balaban J connectivity index is 1.78. The van der Waals surface area contributed by atoms with Gasteiger partial charge in [0.25, 0.3) is 5.91 Å². The maximum atomic E-state index is 12.5. The van der Waals surface area contributed by atoms with E-state index in [1.807, 2.05) is 55.8 Å². The van der Waals surface area contributed by atoms with Crippen LogP contribution in [0.4, 0.5) is 0 Å². The maximum Gasteiger partial charge on any atom is 0.270 e. The third kappa shape index (κ3) is 3.22. The summed E-state index contributed by atoms with van der Waals surface area (Å²) in [4.78, 5) is 16.6. The number of aromatic nitrogens is 4. The predicted octanol–water partition coefficient (Wildman–Crippen LogP) is 2.89. The first kappa shape index (κ1) is 16.0. The van der Waals surface area contributed by atoms with Crippen molar-refractivity contribution >= 4 is 5.91 Å². The Bertz CT molecular complexity index is 835. The third-order valence-electron chi connectivity index (χ3n) is 3.95. The van der Waals surface area contributed by atoms with E-state index >= 15 is 0 Å². The topological polar surface area (TPSA) is 64.7 Å². The lowest BCUT2D eigenvalue weighted by Gasteiger charge is -2.16. The number of nitrogens with one attached hydrogen (secondary N) is 1. The van der Waals surface area contributed by atoms with E-state index in [4.69, 9.17) is 0 Å². The molecule has 2 aromatic heterocycles. The third-order valence-corrected chi connectivity index (χ3v) is 3.95. The van der Waals surface area contributed by atoms with Crippen molar-refractivity contribution in [1.29, 1.82) is 0 Å². The summed E-state index contributed by atoms with van der Waals surface area (Å²) < 4.78 is 3.66. The van der Waals surface area contributed by atoms with Crippen molar-refractivity contribution in [3.8, 4) is 5.69 Å². The minimum atomic E-state index is -0.113. The van der Waals surface area contributed by atoms with Crippen molar-refractivity contribution in [2.75, 3.05) is 0 Å². The monoisotopic (exact) mass is 323 g/mol. The molecular weight excluding hydrogens is 302 g/mol. The van der Waals surface area contributed by atoms with E-state index in [1.54, 1.807) is 17.2 Å². The number of benzene rings is 1. The average molecular weight is 323 g/mol. The van der Waals surface area contributed by atoms with E-state index in [1.165, 1.54) is 0 Å². The van der Waals surface area contributed by atoms with Gasteiger partial charge in [0.2, 0.25) is 0 Å². The van der Waals surface area contributed by atoms with Gasteiger partial charge >= 0.3 is 0 Å². The highest BCUT2D eigenvalue weighted by Crippen LogP contribution is 2.17. The zero-order valence-electron chi connectivity index (χ0n) is 14.1. The van der Waals surface area contributed by atoms with Crippen molar-refractivity contribution in [3.63, 3.8) is 0 Å². The van der Waals surface area contributed by atoms with Gasteiger partial charge in [0.15, 0.2) is 0 Å². The Morgan fingerprint density at radius 1 is 1.33 bits per heavy atom. The minimum Gasteiger partial charge on any atom is -0.344 e. The number of nitrogens with zero attached hydrogens (tertiary/aromatic N) is 4. The van der Waals surface area contributed by atoms with E-state index < -0.39 is 0 Å². The van der Waals surface area contributed by atoms with Gasteiger partial charge in [-0.25, -0.2) is 4.98 Å². The second kappa shape index (κ2) is 6.70. The fourth-order valence-electron chi connectivity index (χ4n) is 2.69. The van der Waals surface area contributed by atoms with Crippen molar-refractivity contribution in [2.45, 2.75) is 33.4 Å². The molecule has 0 aliphatic carbocycles. The van der Waals surface area contributed by atoms with Crippen molar-refractivity contribution < 1.29 is 4.79 Å². The molecule has 0 saturated heterocycles. The molecule has 2 heterocycles. The summed E-state index contributed by atoms with van der Waals surface area (Å²) in [6.45, 7) is 6.51. The number of hydrogen-bond donors (Lipinski definition) is 1. The van der Waals surface area contributed by atoms with Gasteiger partial charge in [-0.2, -0.15) is 5.10 Å². The summed E-state index contributed by atoms with van der Waals surface area (Å²) >= 11 is 0. The average Bonchev–Trinajstić information content (AvgIpc) is 3.24. The predicted molar refractivity (Wildman–Crippen MR) is 92.1 cm³/mol. The molecule has 0 saturated carbocycles. The van der Waals surface area contributed by atoms with Crippen LogP contribution < -0.4 is 5.32 Å². The number of hydrogen-bond acceptors (Lipinski definition) is 3. The molecule has 24 heavy (non-hydrogen) atoms. The van der Waals surface area contributed by atoms with Crippen molar-refractivity contribution in [3.05, 3.63) is 66.0 Å². The van der Waals surface area contributed by atoms with Gasteiger partial charge in [-0.15, -0.1) is 0 Å². The number of carbonyl (C=O) groups excluding carboxylic acids is 1. The van der Waals surface area contributed by atoms with Crippen LogP contribution in [0.2, 0.25) is 0 Å². The van der Waals surface area contributed by atoms with Gasteiger partial charge in [-0.05, 0) is 44.5 Å². The summed E-state index contributed by atoms with van der Waals surface area (Å²) in [5.74, 6) is -0.113. The summed E-state index contributed by atoms with van der Waals surface area (Å²) in [6, 6.07) is 9.75. The molecule has 0 unspecified atom stereocenters. The lowest BCUT2D eigenvalue weighted by Crippen LogP contribution is -2.28. The van der Waals surface area contributed by atoms with Crippen LogP contribution in [-0.2, 0) is 6.54 Å². The molecule has 0 bridgehead atoms. The Kier molecular flexibility index (Phi) is 4.46. The Morgan fingerprint density at radius 3 is 2.88 bits per heavy atom. The molecule has 124 valence electrons. The standard InChI is InChI=1S/C18H21N5O/c1-4-23-17(10-13(2)21-23)18(24)20-14(3)15-6-5-7-16(11-15)22-9-8-19-12-22/h5-12,14H,4H2,1-3H3,(H,20,24)/t14-/m1/s1. The Hall–Kier alpha value is -2.89. The van der Waals surface area contributed by atoms with Crippen LogP contribution in [0.5, 0.6) is 0 Å². The zero-order valence-corrected chi connectivity index (χ0v) is 14.1. The number of rotatable bonds is 5. The molecule has 3 rings (SSSR count). The van der Waals surface area contributed by atoms with Crippen LogP contribution in [-0.4, -0.2) is 25.2 Å². The van der Waals surface area contributed by atoms with Crippen LogP contribution in [0.25, 0.3) is 5.69 Å². The highest BCUT2D eigenvalue weighted by molar-refractivity contribution is 5.93. The van der Waals surface area contributed by atoms with Gasteiger partial charge in [0, 0.05) is 24.6 Å². The van der Waals surface area contributed by atoms with Crippen molar-refractivity contribution in [1.82, 2.24) is 24.6 Å². The minimum absolute atomic E-state index is 0.110. The molecule has 3 aromatic rings. The Labute approximate surface area is 141 Å². The first-order valence-electron chi connectivity index (χ1n) is 8.02. The van der Waals surface area contributed by atoms with E-state index in [-0.39, 0.29) is 11.9 Å². The lowest BCUT2D eigenvalue weighted by molar-refractivity contribution is 0.0929. The van der Waals surface area contributed by atoms with Gasteiger partial charge in [0.1, 0.15) is 5.69 Å². The van der Waals surface area contributed by atoms with Crippen LogP contribution in [0.15, 0.2) is 49.1 Å². The quantitative estimate of drug-likeness (QED) is 0.785. The van der Waals surface area contributed by atoms with Gasteiger partial charge in [-0.1, -0.05) is 12.1 Å². The van der Waals surface area contributed by atoms with Gasteiger partial charge < -0.3 is 9.88 Å². The van der Waals surface area contributed by atoms with Crippen LogP contribution in [0.1, 0.15) is 41.6 Å². The van der Waals surface area contributed by atoms with Crippen LogP contribution in [0.3, 0.4) is 0 Å². The van der Waals surface area contributed by atoms with Gasteiger partial charge in [-0.3, -0.25) is 9.48 Å². The fourth-order valence-corrected chi connectivity index (χ4v) is 2.69. The molecule has 1 N–H and O–H groups in total. The highest BCUT2D eigenvalue weighted by Gasteiger charge is 2.16. The van der Waals surface area contributed by atoms with Gasteiger partial charge in [0.05, 0.1) is 18.1 Å². The molecule has 1 aromatic carbocycles. The summed E-state index contributed by atoms with van der Waals surface area (Å²) in [5, 5.41) is 7.37. The molecule has 0 fully saturated rings. The largest absolute Gasteiger partial charge is 0.344 e. The normalized spacial score (nSPS) is 12.1. The number of amides is 1. The van der Waals surface area contributed by atoms with Crippen LogP contribution in [0, 0.1) is 6.92 Å². The van der Waals surface area contributed by atoms with E-state index in [9.17, 15) is 4.79 Å². The highest BCUT2D eigenvalue weighted by atomic mass is 16.2. The van der Waals surface area contributed by atoms with E-state index in [2.05, 4.69) is 21.5 Å². The molecule has 6 nitrogen and oxygen atoms in total. The number of imidazole rings is 1. The zero-order chi connectivity index (χ0) is 17.1. The molecule has 1 atom stereocenters. The molecule has 0 aliphatic rings. The Morgan fingerprint density at radius 2 is 2.17 bits per heavy atom. The molecule has 0 radical (unpaired) electrons.